The lowest BCUT2D eigenvalue weighted by Crippen LogP contribution is -2.38. The van der Waals surface area contributed by atoms with Crippen molar-refractivity contribution < 1.29 is 9.59 Å². The highest BCUT2D eigenvalue weighted by Crippen LogP contribution is 2.24. The minimum atomic E-state index is -0.104. The molecule has 0 radical (unpaired) electrons. The molecule has 0 unspecified atom stereocenters. The van der Waals surface area contributed by atoms with Gasteiger partial charge in [0.2, 0.25) is 11.8 Å². The molecule has 11 heavy (non-hydrogen) atoms. The average molecular weight is 154 g/mol. The van der Waals surface area contributed by atoms with Crippen LogP contribution in [0.25, 0.3) is 0 Å². The Morgan fingerprint density at radius 2 is 1.91 bits per heavy atom. The van der Waals surface area contributed by atoms with Crippen LogP contribution in [0.5, 0.6) is 0 Å². The van der Waals surface area contributed by atoms with Crippen LogP contribution in [0, 0.1) is 11.8 Å². The number of carbonyl (C=O) groups excluding carboxylic acids is 2. The summed E-state index contributed by atoms with van der Waals surface area (Å²) >= 11 is 0. The number of amides is 2. The van der Waals surface area contributed by atoms with Crippen molar-refractivity contribution in [1.29, 1.82) is 0 Å². The third-order valence-corrected chi connectivity index (χ3v) is 2.40. The first-order valence-corrected chi connectivity index (χ1v) is 3.84. The highest BCUT2D eigenvalue weighted by Gasteiger charge is 2.42. The van der Waals surface area contributed by atoms with Gasteiger partial charge in [-0.15, -0.1) is 0 Å². The maximum Gasteiger partial charge on any atom is 0.231 e. The van der Waals surface area contributed by atoms with Crippen molar-refractivity contribution >= 4 is 11.8 Å². The first-order chi connectivity index (χ1) is 5.29. The fraction of sp³-hybridized carbons (Fsp3) is 0.714. The maximum atomic E-state index is 11.1. The Morgan fingerprint density at radius 1 is 1.18 bits per heavy atom. The first-order valence-electron chi connectivity index (χ1n) is 3.84. The maximum absolute atomic E-state index is 11.1. The zero-order valence-corrected chi connectivity index (χ0v) is 6.09. The molecule has 0 aromatic heterocycles. The van der Waals surface area contributed by atoms with Crippen molar-refractivity contribution in [3.8, 4) is 0 Å². The van der Waals surface area contributed by atoms with Gasteiger partial charge < -0.3 is 5.32 Å². The van der Waals surface area contributed by atoms with Gasteiger partial charge in [-0.1, -0.05) is 0 Å². The summed E-state index contributed by atoms with van der Waals surface area (Å²) in [5.74, 6) is -0.339. The van der Waals surface area contributed by atoms with E-state index in [4.69, 9.17) is 0 Å². The Bertz CT molecular complexity index is 192. The van der Waals surface area contributed by atoms with Crippen LogP contribution in [0.3, 0.4) is 0 Å². The molecule has 2 heterocycles. The standard InChI is InChI=1S/C7H10N2O2/c10-6-4-1-2-8-3-5(4)7(11)9-6/h4-5,8H,1-3H2,(H,9,10,11)/t4-,5+/m0/s1. The third kappa shape index (κ3) is 0.939. The van der Waals surface area contributed by atoms with Crippen LogP contribution in [0.4, 0.5) is 0 Å². The van der Waals surface area contributed by atoms with E-state index in [9.17, 15) is 9.59 Å². The number of piperidine rings is 1. The zero-order valence-electron chi connectivity index (χ0n) is 6.09. The Morgan fingerprint density at radius 3 is 2.64 bits per heavy atom. The molecule has 2 amide bonds. The molecule has 2 aliphatic rings. The third-order valence-electron chi connectivity index (χ3n) is 2.40. The Balaban J connectivity index is 2.19. The van der Waals surface area contributed by atoms with Crippen molar-refractivity contribution in [2.45, 2.75) is 6.42 Å². The number of nitrogens with one attached hydrogen (secondary N) is 2. The fourth-order valence-corrected chi connectivity index (χ4v) is 1.75. The highest BCUT2D eigenvalue weighted by molar-refractivity contribution is 6.05. The molecular weight excluding hydrogens is 144 g/mol. The van der Waals surface area contributed by atoms with Gasteiger partial charge in [0.05, 0.1) is 11.8 Å². The molecule has 4 heteroatoms. The second kappa shape index (κ2) is 2.30. The molecule has 4 nitrogen and oxygen atoms in total. The van der Waals surface area contributed by atoms with Gasteiger partial charge in [-0.2, -0.15) is 0 Å². The van der Waals surface area contributed by atoms with Crippen molar-refractivity contribution in [1.82, 2.24) is 10.6 Å². The van der Waals surface area contributed by atoms with Gasteiger partial charge in [0, 0.05) is 6.54 Å². The van der Waals surface area contributed by atoms with Crippen LogP contribution in [-0.2, 0) is 9.59 Å². The van der Waals surface area contributed by atoms with Gasteiger partial charge in [0.15, 0.2) is 0 Å². The van der Waals surface area contributed by atoms with E-state index in [1.165, 1.54) is 0 Å². The van der Waals surface area contributed by atoms with E-state index in [-0.39, 0.29) is 23.7 Å². The Hall–Kier alpha value is -0.900. The van der Waals surface area contributed by atoms with Crippen LogP contribution < -0.4 is 10.6 Å². The number of hydrogen-bond donors (Lipinski definition) is 2. The normalized spacial score (nSPS) is 36.7. The molecule has 2 fully saturated rings. The van der Waals surface area contributed by atoms with Crippen molar-refractivity contribution in [3.63, 3.8) is 0 Å². The SMILES string of the molecule is O=C1NC(=O)[C@@H]2CNCC[C@H]12. The van der Waals surface area contributed by atoms with Crippen molar-refractivity contribution in [2.75, 3.05) is 13.1 Å². The molecule has 0 spiro atoms. The molecule has 2 atom stereocenters. The minimum absolute atomic E-state index is 0.0521. The molecular formula is C7H10N2O2. The average Bonchev–Trinajstić information content (AvgIpc) is 2.30. The summed E-state index contributed by atoms with van der Waals surface area (Å²) in [5.41, 5.74) is 0. The molecule has 0 aromatic carbocycles. The van der Waals surface area contributed by atoms with Gasteiger partial charge >= 0.3 is 0 Å². The lowest BCUT2D eigenvalue weighted by atomic mass is 9.89. The lowest BCUT2D eigenvalue weighted by Gasteiger charge is -2.21. The van der Waals surface area contributed by atoms with Crippen molar-refractivity contribution in [2.24, 2.45) is 11.8 Å². The molecule has 2 rings (SSSR count). The Kier molecular flexibility index (Phi) is 1.42. The number of carbonyl (C=O) groups is 2. The molecule has 2 saturated heterocycles. The molecule has 0 aliphatic carbocycles. The first kappa shape index (κ1) is 6.79. The number of fused-ring (bicyclic) bond motifs is 1. The predicted molar refractivity (Wildman–Crippen MR) is 37.6 cm³/mol. The quantitative estimate of drug-likeness (QED) is 0.434. The van der Waals surface area contributed by atoms with Crippen LogP contribution in [-0.4, -0.2) is 24.9 Å². The topological polar surface area (TPSA) is 58.2 Å². The van der Waals surface area contributed by atoms with E-state index in [1.54, 1.807) is 0 Å². The van der Waals surface area contributed by atoms with E-state index >= 15 is 0 Å². The molecule has 0 bridgehead atoms. The smallest absolute Gasteiger partial charge is 0.231 e. The summed E-state index contributed by atoms with van der Waals surface area (Å²) in [7, 11) is 0. The van der Waals surface area contributed by atoms with E-state index in [0.717, 1.165) is 13.0 Å². The molecule has 0 saturated carbocycles. The van der Waals surface area contributed by atoms with Gasteiger partial charge in [0.1, 0.15) is 0 Å². The zero-order chi connectivity index (χ0) is 7.84. The second-order valence-corrected chi connectivity index (χ2v) is 3.06. The van der Waals surface area contributed by atoms with Gasteiger partial charge in [0.25, 0.3) is 0 Å². The van der Waals surface area contributed by atoms with Gasteiger partial charge in [-0.25, -0.2) is 0 Å². The minimum Gasteiger partial charge on any atom is -0.316 e. The van der Waals surface area contributed by atoms with Crippen LogP contribution in [0.15, 0.2) is 0 Å². The molecule has 2 aliphatic heterocycles. The summed E-state index contributed by atoms with van der Waals surface area (Å²) in [4.78, 5) is 22.1. The van der Waals surface area contributed by atoms with Crippen LogP contribution >= 0.6 is 0 Å². The fourth-order valence-electron chi connectivity index (χ4n) is 1.75. The lowest BCUT2D eigenvalue weighted by molar-refractivity contribution is -0.126. The highest BCUT2D eigenvalue weighted by atomic mass is 16.2. The van der Waals surface area contributed by atoms with Crippen molar-refractivity contribution in [3.05, 3.63) is 0 Å². The van der Waals surface area contributed by atoms with Crippen LogP contribution in [0.1, 0.15) is 6.42 Å². The molecule has 60 valence electrons. The Labute approximate surface area is 64.3 Å². The summed E-state index contributed by atoms with van der Waals surface area (Å²) in [6.45, 7) is 1.50. The molecule has 2 N–H and O–H groups in total. The number of imide groups is 1. The van der Waals surface area contributed by atoms with Gasteiger partial charge in [-0.05, 0) is 13.0 Å². The number of hydrogen-bond acceptors (Lipinski definition) is 3. The number of rotatable bonds is 0. The van der Waals surface area contributed by atoms with E-state index in [0.29, 0.717) is 6.54 Å². The van der Waals surface area contributed by atoms with Crippen LogP contribution in [0.2, 0.25) is 0 Å². The monoisotopic (exact) mass is 154 g/mol. The molecule has 0 aromatic rings. The second-order valence-electron chi connectivity index (χ2n) is 3.06. The summed E-state index contributed by atoms with van der Waals surface area (Å²) in [5, 5.41) is 5.44. The van der Waals surface area contributed by atoms with E-state index in [1.807, 2.05) is 0 Å². The van der Waals surface area contributed by atoms with E-state index < -0.39 is 0 Å². The predicted octanol–water partition coefficient (Wildman–Crippen LogP) is -1.13. The van der Waals surface area contributed by atoms with Gasteiger partial charge in [-0.3, -0.25) is 14.9 Å². The largest absolute Gasteiger partial charge is 0.316 e. The summed E-state index contributed by atoms with van der Waals surface area (Å²) in [6, 6.07) is 0. The summed E-state index contributed by atoms with van der Waals surface area (Å²) in [6.07, 6.45) is 0.794. The van der Waals surface area contributed by atoms with E-state index in [2.05, 4.69) is 10.6 Å². The summed E-state index contributed by atoms with van der Waals surface area (Å²) < 4.78 is 0.